The molecule has 2 N–H and O–H groups in total. The van der Waals surface area contributed by atoms with Crippen LogP contribution < -0.4 is 15.5 Å². The molecule has 1 aliphatic heterocycles. The zero-order chi connectivity index (χ0) is 22.2. The van der Waals surface area contributed by atoms with Crippen molar-refractivity contribution in [1.82, 2.24) is 20.3 Å². The lowest BCUT2D eigenvalue weighted by Crippen LogP contribution is -2.62. The van der Waals surface area contributed by atoms with Gasteiger partial charge in [-0.2, -0.15) is 13.2 Å². The summed E-state index contributed by atoms with van der Waals surface area (Å²) in [6.45, 7) is 4.65. The van der Waals surface area contributed by atoms with Crippen molar-refractivity contribution in [3.63, 3.8) is 0 Å². The number of carbonyl (C=O) groups is 1. The van der Waals surface area contributed by atoms with Crippen molar-refractivity contribution in [2.24, 2.45) is 0 Å². The summed E-state index contributed by atoms with van der Waals surface area (Å²) in [7, 11) is 0. The smallest absolute Gasteiger partial charge is 0.424 e. The summed E-state index contributed by atoms with van der Waals surface area (Å²) in [6.07, 6.45) is 3.99. The topological polar surface area (TPSA) is 96.2 Å². The van der Waals surface area contributed by atoms with Crippen LogP contribution in [-0.2, 0) is 11.0 Å². The number of piperazine rings is 1. The van der Waals surface area contributed by atoms with Gasteiger partial charge in [-0.05, 0) is 31.9 Å². The molecule has 1 saturated heterocycles. The van der Waals surface area contributed by atoms with Gasteiger partial charge in [0.05, 0.1) is 12.2 Å². The molecule has 0 saturated carbocycles. The van der Waals surface area contributed by atoms with Crippen LogP contribution in [0, 0.1) is 0 Å². The van der Waals surface area contributed by atoms with Crippen molar-refractivity contribution in [2.45, 2.75) is 38.0 Å². The van der Waals surface area contributed by atoms with Gasteiger partial charge in [-0.3, -0.25) is 4.79 Å². The minimum atomic E-state index is -4.54. The second-order valence-corrected chi connectivity index (χ2v) is 7.77. The molecule has 0 aromatic carbocycles. The lowest BCUT2D eigenvalue weighted by molar-refractivity contribution is -0.141. The lowest BCUT2D eigenvalue weighted by atomic mass is 9.99. The Kier molecular flexibility index (Phi) is 5.19. The standard InChI is InChI=1S/C20H21F3N6O2/c1-19(2)16(30)24-8-9-29(19)18-26-11-14(31-18)12-4-3-5-13(10-12)27-17-25-7-6-15(28-17)20(21,22)23/h3-7,11,13H,8-10H2,1-2H3,(H,24,30)(H,25,27,28). The fraction of sp³-hybridized carbons (Fsp3) is 0.400. The van der Waals surface area contributed by atoms with Crippen LogP contribution in [0.15, 0.2) is 41.1 Å². The number of hydrogen-bond acceptors (Lipinski definition) is 7. The van der Waals surface area contributed by atoms with Gasteiger partial charge in [-0.1, -0.05) is 18.2 Å². The molecule has 8 nitrogen and oxygen atoms in total. The quantitative estimate of drug-likeness (QED) is 0.764. The summed E-state index contributed by atoms with van der Waals surface area (Å²) in [5, 5.41) is 5.73. The number of anilines is 2. The summed E-state index contributed by atoms with van der Waals surface area (Å²) >= 11 is 0. The van der Waals surface area contributed by atoms with E-state index in [0.29, 0.717) is 31.3 Å². The number of oxazole rings is 1. The van der Waals surface area contributed by atoms with Gasteiger partial charge in [0.15, 0.2) is 5.76 Å². The number of halogens is 3. The Balaban J connectivity index is 1.47. The number of alkyl halides is 3. The van der Waals surface area contributed by atoms with E-state index < -0.39 is 17.4 Å². The predicted molar refractivity (Wildman–Crippen MR) is 107 cm³/mol. The van der Waals surface area contributed by atoms with Gasteiger partial charge in [-0.25, -0.2) is 15.0 Å². The highest BCUT2D eigenvalue weighted by atomic mass is 19.4. The van der Waals surface area contributed by atoms with Crippen LogP contribution in [-0.4, -0.2) is 45.5 Å². The van der Waals surface area contributed by atoms with Gasteiger partial charge < -0.3 is 20.0 Å². The second kappa shape index (κ2) is 7.71. The van der Waals surface area contributed by atoms with Crippen molar-refractivity contribution < 1.29 is 22.4 Å². The number of allylic oxidation sites excluding steroid dienone is 2. The SMILES string of the molecule is CC1(C)C(=O)NCCN1c1ncc(C2=CC=CC(Nc3nccc(C(F)(F)F)n3)C2)o1. The maximum atomic E-state index is 12.9. The van der Waals surface area contributed by atoms with Gasteiger partial charge in [0.25, 0.3) is 6.01 Å². The van der Waals surface area contributed by atoms with E-state index >= 15 is 0 Å². The molecule has 0 radical (unpaired) electrons. The average molecular weight is 434 g/mol. The molecule has 2 aromatic rings. The largest absolute Gasteiger partial charge is 0.433 e. The Labute approximate surface area is 176 Å². The third kappa shape index (κ3) is 4.25. The molecule has 1 aliphatic carbocycles. The van der Waals surface area contributed by atoms with Crippen LogP contribution >= 0.6 is 0 Å². The molecular formula is C20H21F3N6O2. The molecule has 1 atom stereocenters. The van der Waals surface area contributed by atoms with Crippen LogP contribution in [0.1, 0.15) is 31.7 Å². The van der Waals surface area contributed by atoms with E-state index in [0.717, 1.165) is 17.8 Å². The normalized spacial score (nSPS) is 20.9. The van der Waals surface area contributed by atoms with Crippen LogP contribution in [0.2, 0.25) is 0 Å². The molecule has 2 aliphatic rings. The molecular weight excluding hydrogens is 413 g/mol. The molecule has 0 spiro atoms. The Hall–Kier alpha value is -3.37. The van der Waals surface area contributed by atoms with Crippen molar-refractivity contribution in [3.05, 3.63) is 48.1 Å². The van der Waals surface area contributed by atoms with E-state index in [9.17, 15) is 18.0 Å². The Morgan fingerprint density at radius 1 is 1.32 bits per heavy atom. The first kappa shape index (κ1) is 20.9. The first-order valence-electron chi connectivity index (χ1n) is 9.71. The van der Waals surface area contributed by atoms with Crippen LogP contribution in [0.4, 0.5) is 25.1 Å². The van der Waals surface area contributed by atoms with E-state index in [4.69, 9.17) is 4.42 Å². The highest BCUT2D eigenvalue weighted by Gasteiger charge is 2.40. The minimum Gasteiger partial charge on any atom is -0.424 e. The third-order valence-electron chi connectivity index (χ3n) is 5.23. The fourth-order valence-corrected chi connectivity index (χ4v) is 3.49. The van der Waals surface area contributed by atoms with Crippen molar-refractivity contribution >= 4 is 23.4 Å². The summed E-state index contributed by atoms with van der Waals surface area (Å²) in [6, 6.07) is 0.844. The van der Waals surface area contributed by atoms with Gasteiger partial charge in [0, 0.05) is 19.3 Å². The molecule has 3 heterocycles. The second-order valence-electron chi connectivity index (χ2n) is 7.77. The van der Waals surface area contributed by atoms with Crippen molar-refractivity contribution in [2.75, 3.05) is 23.3 Å². The number of aromatic nitrogens is 3. The first-order chi connectivity index (χ1) is 14.6. The molecule has 1 unspecified atom stereocenters. The number of carbonyl (C=O) groups excluding carboxylic acids is 1. The minimum absolute atomic E-state index is 0.106. The number of rotatable bonds is 4. The highest BCUT2D eigenvalue weighted by Crippen LogP contribution is 2.32. The van der Waals surface area contributed by atoms with Gasteiger partial charge in [-0.15, -0.1) is 0 Å². The van der Waals surface area contributed by atoms with E-state index in [1.807, 2.05) is 12.2 Å². The van der Waals surface area contributed by atoms with E-state index in [-0.39, 0.29) is 17.9 Å². The average Bonchev–Trinajstić information content (AvgIpc) is 3.20. The van der Waals surface area contributed by atoms with Crippen molar-refractivity contribution in [3.8, 4) is 0 Å². The highest BCUT2D eigenvalue weighted by molar-refractivity contribution is 5.89. The molecule has 0 bridgehead atoms. The van der Waals surface area contributed by atoms with E-state index in [2.05, 4.69) is 25.6 Å². The lowest BCUT2D eigenvalue weighted by Gasteiger charge is -2.40. The Bertz CT molecular complexity index is 1040. The van der Waals surface area contributed by atoms with Gasteiger partial charge in [0.2, 0.25) is 11.9 Å². The molecule has 164 valence electrons. The predicted octanol–water partition coefficient (Wildman–Crippen LogP) is 3.02. The maximum Gasteiger partial charge on any atom is 0.433 e. The summed E-state index contributed by atoms with van der Waals surface area (Å²) in [5.74, 6) is 0.312. The molecule has 1 fully saturated rings. The zero-order valence-corrected chi connectivity index (χ0v) is 16.9. The number of nitrogens with zero attached hydrogens (tertiary/aromatic N) is 4. The summed E-state index contributed by atoms with van der Waals surface area (Å²) in [4.78, 5) is 25.7. The van der Waals surface area contributed by atoms with Gasteiger partial charge in [0.1, 0.15) is 11.2 Å². The fourth-order valence-electron chi connectivity index (χ4n) is 3.49. The third-order valence-corrected chi connectivity index (χ3v) is 5.23. The molecule has 2 aromatic heterocycles. The van der Waals surface area contributed by atoms with E-state index in [1.165, 1.54) is 0 Å². The van der Waals surface area contributed by atoms with Crippen LogP contribution in [0.5, 0.6) is 0 Å². The summed E-state index contributed by atoms with van der Waals surface area (Å²) < 4.78 is 44.6. The number of amides is 1. The molecule has 4 rings (SSSR count). The molecule has 31 heavy (non-hydrogen) atoms. The van der Waals surface area contributed by atoms with Crippen LogP contribution in [0.3, 0.4) is 0 Å². The maximum absolute atomic E-state index is 12.9. The molecule has 11 heteroatoms. The number of nitrogens with one attached hydrogen (secondary N) is 2. The van der Waals surface area contributed by atoms with Crippen LogP contribution in [0.25, 0.3) is 5.57 Å². The summed E-state index contributed by atoms with van der Waals surface area (Å²) in [5.41, 5.74) is -0.995. The van der Waals surface area contributed by atoms with Gasteiger partial charge >= 0.3 is 6.18 Å². The Morgan fingerprint density at radius 2 is 2.13 bits per heavy atom. The van der Waals surface area contributed by atoms with Crippen molar-refractivity contribution in [1.29, 1.82) is 0 Å². The van der Waals surface area contributed by atoms with E-state index in [1.54, 1.807) is 31.0 Å². The Morgan fingerprint density at radius 3 is 2.90 bits per heavy atom. The zero-order valence-electron chi connectivity index (χ0n) is 16.9. The molecule has 1 amide bonds. The number of hydrogen-bond donors (Lipinski definition) is 2. The monoisotopic (exact) mass is 434 g/mol. The first-order valence-corrected chi connectivity index (χ1v) is 9.71.